The van der Waals surface area contributed by atoms with Crippen molar-refractivity contribution in [2.45, 2.75) is 11.5 Å². The molecule has 0 saturated carbocycles. The zero-order valence-electron chi connectivity index (χ0n) is 10.4. The Labute approximate surface area is 187 Å². The minimum Gasteiger partial charge on any atom is -0.776 e. The molecule has 0 bridgehead atoms. The summed E-state index contributed by atoms with van der Waals surface area (Å²) in [4.78, 5) is 37.6. The van der Waals surface area contributed by atoms with Crippen LogP contribution in [0.15, 0.2) is 0 Å². The molecule has 2 unspecified atom stereocenters. The van der Waals surface area contributed by atoms with Gasteiger partial charge in [0, 0.05) is 65.5 Å². The normalized spacial score (nSPS) is 19.6. The maximum atomic E-state index is 10.4. The molecule has 2 radical (unpaired) electrons. The van der Waals surface area contributed by atoms with Crippen LogP contribution in [0.2, 0.25) is 0 Å². The van der Waals surface area contributed by atoms with Crippen molar-refractivity contribution in [3.05, 3.63) is 0 Å². The Hall–Kier alpha value is 4.22. The third-order valence-corrected chi connectivity index (χ3v) is 5.16. The number of aliphatic hydroxyl groups is 1. The first kappa shape index (κ1) is 33.0. The van der Waals surface area contributed by atoms with Crippen LogP contribution in [0.3, 0.4) is 0 Å². The number of hydrogen-bond donors (Lipinski definition) is 4. The van der Waals surface area contributed by atoms with Crippen molar-refractivity contribution in [2.75, 3.05) is 6.54 Å². The maximum Gasteiger partial charge on any atom is 1.00 e. The van der Waals surface area contributed by atoms with Crippen molar-refractivity contribution in [2.24, 2.45) is 5.73 Å². The second-order valence-electron chi connectivity index (χ2n) is 2.35. The molecule has 8 nitrogen and oxygen atoms in total. The van der Waals surface area contributed by atoms with Crippen LogP contribution < -0.4 is 74.6 Å². The van der Waals surface area contributed by atoms with Crippen LogP contribution in [0.1, 0.15) is 6.42 Å². The molecule has 0 aliphatic rings. The first-order valence-corrected chi connectivity index (χ1v) is 6.22. The van der Waals surface area contributed by atoms with Gasteiger partial charge in [-0.05, 0) is 6.54 Å². The van der Waals surface area contributed by atoms with Crippen LogP contribution in [-0.2, 0) is 9.13 Å². The summed E-state index contributed by atoms with van der Waals surface area (Å²) in [6.07, 6.45) is -0.998. The van der Waals surface area contributed by atoms with Crippen LogP contribution in [0.25, 0.3) is 0 Å². The van der Waals surface area contributed by atoms with E-state index in [2.05, 4.69) is 0 Å². The zero-order chi connectivity index (χ0) is 10.9. The van der Waals surface area contributed by atoms with E-state index in [0.717, 1.165) is 0 Å². The molecule has 0 aromatic rings. The Morgan fingerprint density at radius 3 is 1.35 bits per heavy atom. The van der Waals surface area contributed by atoms with Gasteiger partial charge in [-0.1, -0.05) is 0 Å². The molecule has 0 amide bonds. The van der Waals surface area contributed by atoms with Gasteiger partial charge in [0.2, 0.25) is 0 Å². The van der Waals surface area contributed by atoms with Crippen molar-refractivity contribution >= 4 is 74.3 Å². The molecule has 0 aromatic heterocycles. The van der Waals surface area contributed by atoms with E-state index < -0.39 is 33.2 Å². The second-order valence-corrected chi connectivity index (χ2v) is 6.27. The van der Waals surface area contributed by atoms with Crippen LogP contribution >= 0.6 is 15.2 Å². The van der Waals surface area contributed by atoms with Crippen molar-refractivity contribution < 1.29 is 92.9 Å². The van der Waals surface area contributed by atoms with E-state index in [-0.39, 0.29) is 118 Å². The maximum absolute atomic E-state index is 10.4. The fraction of sp³-hybridized carbons (Fsp3) is 1.00. The van der Waals surface area contributed by atoms with Crippen LogP contribution in [0, 0.1) is 0 Å². The van der Waals surface area contributed by atoms with E-state index in [1.807, 2.05) is 0 Å². The predicted octanol–water partition coefficient (Wildman–Crippen LogP) is -9.68. The van der Waals surface area contributed by atoms with E-state index in [4.69, 9.17) is 20.6 Å². The Morgan fingerprint density at radius 2 is 1.29 bits per heavy atom. The predicted molar refractivity (Wildman–Crippen MR) is 49.8 cm³/mol. The summed E-state index contributed by atoms with van der Waals surface area (Å²) < 4.78 is 20.9. The first-order chi connectivity index (χ1) is 5.56. The van der Waals surface area contributed by atoms with Crippen molar-refractivity contribution in [1.29, 1.82) is 0 Å². The Morgan fingerprint density at radius 1 is 1.06 bits per heavy atom. The van der Waals surface area contributed by atoms with E-state index in [9.17, 15) is 18.9 Å². The monoisotopic (exact) mass is 325 g/mol. The van der Waals surface area contributed by atoms with Gasteiger partial charge in [0.1, 0.15) is 0 Å². The summed E-state index contributed by atoms with van der Waals surface area (Å²) in [5.41, 5.74) is 4.81. The fourth-order valence-electron chi connectivity index (χ4n) is 0.636. The molecule has 0 fully saturated rings. The largest absolute Gasteiger partial charge is 1.00 e. The smallest absolute Gasteiger partial charge is 0.776 e. The standard InChI is InChI=1S/C3H11NO7P2.4Na/c4-2-1-3(5,12(6,7)8)13(9,10)11;;;;/h5H,1-2,4H2,(H2,6,7,8)(H2,9,10,11);;;;/q;;;2*+1/p-2. The molecule has 0 heterocycles. The summed E-state index contributed by atoms with van der Waals surface area (Å²) in [6, 6.07) is 0. The zero-order valence-corrected chi connectivity index (χ0v) is 20.1. The Bertz CT molecular complexity index is 256. The van der Waals surface area contributed by atoms with E-state index >= 15 is 0 Å². The molecule has 82 valence electrons. The minimum atomic E-state index is -5.63. The summed E-state index contributed by atoms with van der Waals surface area (Å²) >= 11 is 0. The summed E-state index contributed by atoms with van der Waals surface area (Å²) in [6.45, 7) is -0.532. The van der Waals surface area contributed by atoms with Crippen LogP contribution in [-0.4, -0.2) is 85.6 Å². The van der Waals surface area contributed by atoms with Crippen LogP contribution in [0.5, 0.6) is 0 Å². The van der Waals surface area contributed by atoms with Gasteiger partial charge in [-0.3, -0.25) is 0 Å². The average Bonchev–Trinajstić information content (AvgIpc) is 1.82. The molecule has 0 aromatic carbocycles. The van der Waals surface area contributed by atoms with E-state index in [1.54, 1.807) is 0 Å². The third-order valence-electron chi connectivity index (χ3n) is 1.38. The summed E-state index contributed by atoms with van der Waals surface area (Å²) in [5, 5.41) is 5.36. The van der Waals surface area contributed by atoms with Crippen LogP contribution in [0.4, 0.5) is 0 Å². The molecule has 0 aliphatic carbocycles. The number of nitrogens with two attached hydrogens (primary N) is 1. The molecule has 2 atom stereocenters. The quantitative estimate of drug-likeness (QED) is 0.292. The van der Waals surface area contributed by atoms with Gasteiger partial charge in [0.15, 0.2) is 20.3 Å². The summed E-state index contributed by atoms with van der Waals surface area (Å²) in [7, 11) is -11.3. The van der Waals surface area contributed by atoms with Gasteiger partial charge in [-0.15, -0.1) is 0 Å². The van der Waals surface area contributed by atoms with Crippen molar-refractivity contribution in [3.63, 3.8) is 0 Å². The molecule has 0 spiro atoms. The topological polar surface area (TPSA) is 167 Å². The molecule has 5 N–H and O–H groups in total. The molecule has 0 aliphatic heterocycles. The molecule has 14 heteroatoms. The SMILES string of the molecule is NCCC(O)(P(=O)([O-])O)P(=O)([O-])O.[Na+].[Na+].[Na].[Na]. The third kappa shape index (κ3) is 9.76. The average molecular weight is 325 g/mol. The molecule has 17 heavy (non-hydrogen) atoms. The summed E-state index contributed by atoms with van der Waals surface area (Å²) in [5.74, 6) is 0. The van der Waals surface area contributed by atoms with E-state index in [0.29, 0.717) is 0 Å². The van der Waals surface area contributed by atoms with Gasteiger partial charge >= 0.3 is 59.1 Å². The van der Waals surface area contributed by atoms with Gasteiger partial charge in [-0.2, -0.15) is 0 Å². The van der Waals surface area contributed by atoms with Gasteiger partial charge in [0.05, 0.1) is 0 Å². The van der Waals surface area contributed by atoms with Gasteiger partial charge in [-0.25, -0.2) is 0 Å². The van der Waals surface area contributed by atoms with Crippen molar-refractivity contribution in [3.8, 4) is 0 Å². The first-order valence-electron chi connectivity index (χ1n) is 3.06. The molecular weight excluding hydrogens is 316 g/mol. The van der Waals surface area contributed by atoms with Crippen molar-refractivity contribution in [1.82, 2.24) is 0 Å². The molecular formula is C3H9NNa4O7P2. The van der Waals surface area contributed by atoms with Gasteiger partial charge < -0.3 is 39.5 Å². The number of rotatable bonds is 4. The van der Waals surface area contributed by atoms with E-state index in [1.165, 1.54) is 0 Å². The molecule has 0 rings (SSSR count). The molecule has 0 saturated heterocycles. The second kappa shape index (κ2) is 12.7. The number of hydrogen-bond acceptors (Lipinski definition) is 6. The van der Waals surface area contributed by atoms with Gasteiger partial charge in [0.25, 0.3) is 0 Å². The fourth-order valence-corrected chi connectivity index (χ4v) is 2.74. The Balaban J connectivity index is -0.000000120. The Kier molecular flexibility index (Phi) is 24.7. The minimum absolute atomic E-state index is 0.